The Morgan fingerprint density at radius 3 is 2.00 bits per heavy atom. The Kier molecular flexibility index (Phi) is 7.59. The van der Waals surface area contributed by atoms with Gasteiger partial charge in [-0.3, -0.25) is 0 Å². The van der Waals surface area contributed by atoms with Crippen molar-refractivity contribution in [3.8, 4) is 5.75 Å². The largest absolute Gasteiger partial charge is 0.493 e. The molecule has 7 nitrogen and oxygen atoms in total. The van der Waals surface area contributed by atoms with Crippen LogP contribution in [0.5, 0.6) is 5.75 Å². The summed E-state index contributed by atoms with van der Waals surface area (Å²) in [7, 11) is 0. The molecule has 140 valence electrons. The molecule has 0 amide bonds. The minimum absolute atomic E-state index is 0.197. The van der Waals surface area contributed by atoms with Crippen LogP contribution in [-0.4, -0.2) is 31.1 Å². The third-order valence-electron chi connectivity index (χ3n) is 3.26. The molecule has 0 atom stereocenters. The van der Waals surface area contributed by atoms with Crippen molar-refractivity contribution in [3.63, 3.8) is 0 Å². The molecule has 0 aliphatic carbocycles. The fraction of sp³-hybridized carbons (Fsp3) is 0.150. The molecule has 2 aromatic rings. The van der Waals surface area contributed by atoms with Gasteiger partial charge < -0.3 is 9.47 Å². The summed E-state index contributed by atoms with van der Waals surface area (Å²) in [5.74, 6) is -1.52. The van der Waals surface area contributed by atoms with Crippen molar-refractivity contribution in [1.29, 1.82) is 0 Å². The van der Waals surface area contributed by atoms with E-state index in [1.54, 1.807) is 42.5 Å². The topological polar surface area (TPSA) is 88.1 Å². The molecule has 0 aliphatic rings. The Morgan fingerprint density at radius 1 is 0.815 bits per heavy atom. The minimum Gasteiger partial charge on any atom is -0.493 e. The molecule has 2 aromatic carbocycles. The monoisotopic (exact) mass is 370 g/mol. The van der Waals surface area contributed by atoms with Crippen LogP contribution in [0.2, 0.25) is 0 Å². The van der Waals surface area contributed by atoms with E-state index in [1.807, 2.05) is 0 Å². The van der Waals surface area contributed by atoms with Crippen LogP contribution in [0.15, 0.2) is 67.3 Å². The molecule has 0 saturated heterocycles. The van der Waals surface area contributed by atoms with Crippen molar-refractivity contribution in [2.75, 3.05) is 13.2 Å². The van der Waals surface area contributed by atoms with E-state index in [1.165, 1.54) is 12.1 Å². The van der Waals surface area contributed by atoms with Crippen LogP contribution in [0.1, 0.15) is 27.1 Å². The van der Waals surface area contributed by atoms with E-state index in [0.29, 0.717) is 18.8 Å². The zero-order valence-corrected chi connectivity index (χ0v) is 14.5. The van der Waals surface area contributed by atoms with Crippen LogP contribution >= 0.6 is 0 Å². The van der Waals surface area contributed by atoms with Gasteiger partial charge in [-0.1, -0.05) is 24.8 Å². The zero-order chi connectivity index (χ0) is 19.5. The highest BCUT2D eigenvalue weighted by Gasteiger charge is 2.13. The van der Waals surface area contributed by atoms with Gasteiger partial charge in [0.1, 0.15) is 5.75 Å². The fourth-order valence-corrected chi connectivity index (χ4v) is 1.91. The van der Waals surface area contributed by atoms with Gasteiger partial charge >= 0.3 is 17.9 Å². The molecule has 0 spiro atoms. The predicted molar refractivity (Wildman–Crippen MR) is 95.0 cm³/mol. The lowest BCUT2D eigenvalue weighted by atomic mass is 10.2. The molecular formula is C20H18O7. The van der Waals surface area contributed by atoms with Gasteiger partial charge in [0.25, 0.3) is 0 Å². The molecule has 0 saturated carbocycles. The first-order valence-corrected chi connectivity index (χ1v) is 8.10. The Balaban J connectivity index is 1.74. The van der Waals surface area contributed by atoms with E-state index >= 15 is 0 Å². The van der Waals surface area contributed by atoms with Crippen molar-refractivity contribution in [1.82, 2.24) is 0 Å². The van der Waals surface area contributed by atoms with Crippen molar-refractivity contribution < 1.29 is 33.6 Å². The molecule has 0 aromatic heterocycles. The van der Waals surface area contributed by atoms with E-state index in [2.05, 4.69) is 16.4 Å². The maximum absolute atomic E-state index is 11.9. The van der Waals surface area contributed by atoms with E-state index in [-0.39, 0.29) is 17.7 Å². The molecule has 2 rings (SSSR count). The highest BCUT2D eigenvalue weighted by molar-refractivity contribution is 5.92. The number of ether oxygens (including phenoxy) is 2. The lowest BCUT2D eigenvalue weighted by molar-refractivity contribution is -0.187. The van der Waals surface area contributed by atoms with Gasteiger partial charge in [0.2, 0.25) is 0 Å². The second-order valence-electron chi connectivity index (χ2n) is 5.21. The number of hydrogen-bond acceptors (Lipinski definition) is 7. The summed E-state index contributed by atoms with van der Waals surface area (Å²) >= 11 is 0. The third-order valence-corrected chi connectivity index (χ3v) is 3.26. The van der Waals surface area contributed by atoms with Crippen LogP contribution in [0, 0.1) is 0 Å². The summed E-state index contributed by atoms with van der Waals surface area (Å²) in [4.78, 5) is 43.5. The lowest BCUT2D eigenvalue weighted by Gasteiger charge is -2.07. The van der Waals surface area contributed by atoms with Crippen molar-refractivity contribution in [2.24, 2.45) is 0 Å². The van der Waals surface area contributed by atoms with Gasteiger partial charge in [0, 0.05) is 12.5 Å². The molecular weight excluding hydrogens is 352 g/mol. The van der Waals surface area contributed by atoms with E-state index in [4.69, 9.17) is 9.47 Å². The van der Waals surface area contributed by atoms with Gasteiger partial charge in [0.15, 0.2) is 0 Å². The van der Waals surface area contributed by atoms with Crippen LogP contribution in [0.4, 0.5) is 0 Å². The quantitative estimate of drug-likeness (QED) is 0.232. The second-order valence-corrected chi connectivity index (χ2v) is 5.21. The minimum atomic E-state index is -0.804. The van der Waals surface area contributed by atoms with Crippen molar-refractivity contribution >= 4 is 17.9 Å². The van der Waals surface area contributed by atoms with Crippen molar-refractivity contribution in [2.45, 2.75) is 6.42 Å². The van der Waals surface area contributed by atoms with Crippen LogP contribution in [0.25, 0.3) is 0 Å². The first kappa shape index (κ1) is 19.7. The standard InChI is InChI=1S/C20H18O7/c1-2-18(21)25-14-6-13-24-17-11-9-16(10-12-17)20(23)27-26-19(22)15-7-4-3-5-8-15/h2-5,7-12H,1,6,13-14H2. The highest BCUT2D eigenvalue weighted by Crippen LogP contribution is 2.14. The van der Waals surface area contributed by atoms with Crippen LogP contribution in [-0.2, 0) is 19.3 Å². The number of rotatable bonds is 8. The summed E-state index contributed by atoms with van der Waals surface area (Å²) in [6, 6.07) is 14.3. The van der Waals surface area contributed by atoms with Crippen LogP contribution in [0.3, 0.4) is 0 Å². The molecule has 0 N–H and O–H groups in total. The molecule has 27 heavy (non-hydrogen) atoms. The summed E-state index contributed by atoms with van der Waals surface area (Å²) in [5.41, 5.74) is 0.468. The average Bonchev–Trinajstić information content (AvgIpc) is 2.72. The molecule has 7 heteroatoms. The Morgan fingerprint density at radius 2 is 1.41 bits per heavy atom. The number of hydrogen-bond donors (Lipinski definition) is 0. The second kappa shape index (κ2) is 10.4. The first-order chi connectivity index (χ1) is 13.1. The zero-order valence-electron chi connectivity index (χ0n) is 14.5. The molecule has 0 heterocycles. The summed E-state index contributed by atoms with van der Waals surface area (Å²) in [6.07, 6.45) is 1.61. The Labute approximate surface area is 156 Å². The van der Waals surface area contributed by atoms with E-state index in [0.717, 1.165) is 6.08 Å². The van der Waals surface area contributed by atoms with Gasteiger partial charge in [0.05, 0.1) is 24.3 Å². The molecule has 0 unspecified atom stereocenters. The normalized spacial score (nSPS) is 9.78. The van der Waals surface area contributed by atoms with Gasteiger partial charge in [-0.15, -0.1) is 0 Å². The number of carbonyl (C=O) groups excluding carboxylic acids is 3. The summed E-state index contributed by atoms with van der Waals surface area (Å²) < 4.78 is 10.3. The first-order valence-electron chi connectivity index (χ1n) is 8.10. The van der Waals surface area contributed by atoms with Gasteiger partial charge in [-0.25, -0.2) is 24.2 Å². The number of esters is 1. The highest BCUT2D eigenvalue weighted by atomic mass is 17.2. The molecule has 0 aliphatic heterocycles. The number of carbonyl (C=O) groups is 3. The van der Waals surface area contributed by atoms with Gasteiger partial charge in [-0.05, 0) is 36.4 Å². The molecule has 0 fully saturated rings. The lowest BCUT2D eigenvalue weighted by Crippen LogP contribution is -2.11. The molecule has 0 bridgehead atoms. The Hall–Kier alpha value is -3.61. The van der Waals surface area contributed by atoms with Crippen molar-refractivity contribution in [3.05, 3.63) is 78.4 Å². The average molecular weight is 370 g/mol. The smallest absolute Gasteiger partial charge is 0.386 e. The van der Waals surface area contributed by atoms with Gasteiger partial charge in [-0.2, -0.15) is 0 Å². The predicted octanol–water partition coefficient (Wildman–Crippen LogP) is 3.11. The van der Waals surface area contributed by atoms with Crippen LogP contribution < -0.4 is 4.74 Å². The SMILES string of the molecule is C=CC(=O)OCCCOc1ccc(C(=O)OOC(=O)c2ccccc2)cc1. The Bertz CT molecular complexity index is 782. The van der Waals surface area contributed by atoms with E-state index < -0.39 is 17.9 Å². The third kappa shape index (κ3) is 6.66. The summed E-state index contributed by atoms with van der Waals surface area (Å²) in [5, 5.41) is 0. The maximum Gasteiger partial charge on any atom is 0.386 e. The molecule has 0 radical (unpaired) electrons. The fourth-order valence-electron chi connectivity index (χ4n) is 1.91. The number of benzene rings is 2. The van der Waals surface area contributed by atoms with E-state index in [9.17, 15) is 14.4 Å². The summed E-state index contributed by atoms with van der Waals surface area (Å²) in [6.45, 7) is 3.86. The maximum atomic E-state index is 11.9.